The zero-order chi connectivity index (χ0) is 34.1. The molecule has 1 atom stereocenters. The van der Waals surface area contributed by atoms with Crippen LogP contribution in [0.2, 0.25) is 5.02 Å². The lowest BCUT2D eigenvalue weighted by molar-refractivity contribution is -0.140. The predicted molar refractivity (Wildman–Crippen MR) is 190 cm³/mol. The fourth-order valence-corrected chi connectivity index (χ4v) is 7.54. The van der Waals surface area contributed by atoms with Crippen LogP contribution in [0.1, 0.15) is 48.8 Å². The molecule has 0 unspecified atom stereocenters. The summed E-state index contributed by atoms with van der Waals surface area (Å²) in [5.74, 6) is -0.260. The molecule has 1 fully saturated rings. The van der Waals surface area contributed by atoms with Gasteiger partial charge in [0.15, 0.2) is 0 Å². The molecular formula is C38H42ClN3O5S. The van der Waals surface area contributed by atoms with E-state index in [-0.39, 0.29) is 29.8 Å². The monoisotopic (exact) mass is 687 g/mol. The van der Waals surface area contributed by atoms with Gasteiger partial charge in [-0.05, 0) is 79.4 Å². The van der Waals surface area contributed by atoms with E-state index in [2.05, 4.69) is 5.32 Å². The minimum absolute atomic E-state index is 0.0109. The Kier molecular flexibility index (Phi) is 11.8. The van der Waals surface area contributed by atoms with Crippen LogP contribution in [0.3, 0.4) is 0 Å². The molecule has 0 spiro atoms. The van der Waals surface area contributed by atoms with Gasteiger partial charge in [0.1, 0.15) is 18.3 Å². The first-order chi connectivity index (χ1) is 23.1. The van der Waals surface area contributed by atoms with E-state index < -0.39 is 28.5 Å². The number of nitrogens with zero attached hydrogens (tertiary/aromatic N) is 2. The predicted octanol–water partition coefficient (Wildman–Crippen LogP) is 6.94. The number of sulfonamides is 1. The molecule has 8 nitrogen and oxygen atoms in total. The summed E-state index contributed by atoms with van der Waals surface area (Å²) in [7, 11) is -2.71. The number of carbonyl (C=O) groups excluding carboxylic acids is 2. The highest BCUT2D eigenvalue weighted by molar-refractivity contribution is 7.92. The molecule has 4 aromatic carbocycles. The largest absolute Gasteiger partial charge is 0.497 e. The van der Waals surface area contributed by atoms with Crippen LogP contribution in [0, 0.1) is 6.92 Å². The Morgan fingerprint density at radius 1 is 0.854 bits per heavy atom. The second kappa shape index (κ2) is 16.2. The molecule has 1 aliphatic rings. The Morgan fingerprint density at radius 3 is 2.12 bits per heavy atom. The highest BCUT2D eigenvalue weighted by Crippen LogP contribution is 2.27. The van der Waals surface area contributed by atoms with Gasteiger partial charge in [-0.1, -0.05) is 91.0 Å². The first-order valence-electron chi connectivity index (χ1n) is 16.3. The SMILES string of the molecule is COc1ccc(S(=O)(=O)N(CC(=O)N(Cc2ccc(Cl)cc2)[C@@H](Cc2ccccc2)C(=O)NC2CCCCC2)c2ccc(C)cc2)cc1. The van der Waals surface area contributed by atoms with Crippen molar-refractivity contribution in [1.29, 1.82) is 0 Å². The van der Waals surface area contributed by atoms with Crippen LogP contribution in [0.4, 0.5) is 5.69 Å². The molecule has 1 aliphatic carbocycles. The van der Waals surface area contributed by atoms with Gasteiger partial charge in [0.2, 0.25) is 11.8 Å². The third kappa shape index (κ3) is 8.96. The summed E-state index contributed by atoms with van der Waals surface area (Å²) in [5.41, 5.74) is 2.92. The second-order valence-corrected chi connectivity index (χ2v) is 14.5. The Balaban J connectivity index is 1.55. The summed E-state index contributed by atoms with van der Waals surface area (Å²) in [6.07, 6.45) is 5.24. The molecular weight excluding hydrogens is 646 g/mol. The number of rotatable bonds is 13. The van der Waals surface area contributed by atoms with Crippen LogP contribution >= 0.6 is 11.6 Å². The number of hydrogen-bond acceptors (Lipinski definition) is 5. The lowest BCUT2D eigenvalue weighted by Gasteiger charge is -2.35. The van der Waals surface area contributed by atoms with Crippen LogP contribution in [-0.4, -0.2) is 50.9 Å². The molecule has 0 aromatic heterocycles. The van der Waals surface area contributed by atoms with Gasteiger partial charge in [0.25, 0.3) is 10.0 Å². The average Bonchev–Trinajstić information content (AvgIpc) is 3.10. The van der Waals surface area contributed by atoms with E-state index in [9.17, 15) is 18.0 Å². The third-order valence-electron chi connectivity index (χ3n) is 8.74. The second-order valence-electron chi connectivity index (χ2n) is 12.2. The van der Waals surface area contributed by atoms with Crippen molar-refractivity contribution in [2.75, 3.05) is 18.0 Å². The fraction of sp³-hybridized carbons (Fsp3) is 0.316. The van der Waals surface area contributed by atoms with E-state index >= 15 is 0 Å². The molecule has 5 rings (SSSR count). The van der Waals surface area contributed by atoms with Crippen LogP contribution < -0.4 is 14.4 Å². The van der Waals surface area contributed by atoms with Crippen molar-refractivity contribution in [2.45, 2.75) is 69.0 Å². The molecule has 48 heavy (non-hydrogen) atoms. The standard InChI is InChI=1S/C38H42ClN3O5S/c1-28-13-19-33(20-14-28)42(48(45,46)35-23-21-34(47-2)22-24-35)27-37(43)41(26-30-15-17-31(39)18-16-30)36(25-29-9-5-3-6-10-29)38(44)40-32-11-7-4-8-12-32/h3,5-6,9-10,13-24,32,36H,4,7-8,11-12,25-27H2,1-2H3,(H,40,44)/t36-/m0/s1. The van der Waals surface area contributed by atoms with Crippen molar-refractivity contribution in [1.82, 2.24) is 10.2 Å². The lowest BCUT2D eigenvalue weighted by atomic mass is 9.94. The third-order valence-corrected chi connectivity index (χ3v) is 10.8. The Hall–Kier alpha value is -4.34. The van der Waals surface area contributed by atoms with Crippen molar-refractivity contribution >= 4 is 39.1 Å². The molecule has 10 heteroatoms. The van der Waals surface area contributed by atoms with E-state index in [0.717, 1.165) is 53.1 Å². The molecule has 2 amide bonds. The number of carbonyl (C=O) groups is 2. The number of halogens is 1. The summed E-state index contributed by atoms with van der Waals surface area (Å²) in [6, 6.07) is 28.8. The first kappa shape index (κ1) is 35.0. The smallest absolute Gasteiger partial charge is 0.264 e. The first-order valence-corrected chi connectivity index (χ1v) is 18.1. The van der Waals surface area contributed by atoms with Crippen molar-refractivity contribution in [3.05, 3.63) is 125 Å². The lowest BCUT2D eigenvalue weighted by Crippen LogP contribution is -2.55. The topological polar surface area (TPSA) is 96.0 Å². The van der Waals surface area contributed by atoms with E-state index in [0.29, 0.717) is 16.5 Å². The zero-order valence-corrected chi connectivity index (χ0v) is 28.9. The van der Waals surface area contributed by atoms with Crippen molar-refractivity contribution < 1.29 is 22.7 Å². The molecule has 4 aromatic rings. The number of nitrogens with one attached hydrogen (secondary N) is 1. The molecule has 1 saturated carbocycles. The molecule has 0 saturated heterocycles. The number of hydrogen-bond donors (Lipinski definition) is 1. The summed E-state index contributed by atoms with van der Waals surface area (Å²) in [4.78, 5) is 30.4. The van der Waals surface area contributed by atoms with Gasteiger partial charge in [0, 0.05) is 24.0 Å². The van der Waals surface area contributed by atoms with Gasteiger partial charge in [-0.2, -0.15) is 0 Å². The number of methoxy groups -OCH3 is 1. The van der Waals surface area contributed by atoms with E-state index in [1.165, 1.54) is 24.1 Å². The van der Waals surface area contributed by atoms with E-state index in [1.807, 2.05) is 49.4 Å². The number of benzene rings is 4. The Morgan fingerprint density at radius 2 is 1.50 bits per heavy atom. The van der Waals surface area contributed by atoms with Gasteiger partial charge in [-0.3, -0.25) is 13.9 Å². The molecule has 0 radical (unpaired) electrons. The maximum Gasteiger partial charge on any atom is 0.264 e. The average molecular weight is 688 g/mol. The number of aryl methyl sites for hydroxylation is 1. The molecule has 0 aliphatic heterocycles. The number of ether oxygens (including phenoxy) is 1. The maximum absolute atomic E-state index is 14.7. The van der Waals surface area contributed by atoms with Gasteiger partial charge in [-0.15, -0.1) is 0 Å². The van der Waals surface area contributed by atoms with Crippen molar-refractivity contribution in [3.63, 3.8) is 0 Å². The fourth-order valence-electron chi connectivity index (χ4n) is 6.00. The number of anilines is 1. The Labute approximate surface area is 288 Å². The molecule has 0 heterocycles. The molecule has 252 valence electrons. The number of amides is 2. The van der Waals surface area contributed by atoms with Crippen LogP contribution in [-0.2, 0) is 32.6 Å². The van der Waals surface area contributed by atoms with E-state index in [1.54, 1.807) is 48.5 Å². The van der Waals surface area contributed by atoms with Gasteiger partial charge in [0.05, 0.1) is 17.7 Å². The summed E-state index contributed by atoms with van der Waals surface area (Å²) in [6.45, 7) is 1.47. The highest BCUT2D eigenvalue weighted by Gasteiger charge is 2.35. The maximum atomic E-state index is 14.7. The van der Waals surface area contributed by atoms with Crippen LogP contribution in [0.15, 0.2) is 108 Å². The minimum atomic E-state index is -4.21. The molecule has 1 N–H and O–H groups in total. The van der Waals surface area contributed by atoms with Gasteiger partial charge >= 0.3 is 0 Å². The van der Waals surface area contributed by atoms with Gasteiger partial charge in [-0.25, -0.2) is 8.42 Å². The molecule has 0 bridgehead atoms. The Bertz CT molecular complexity index is 1760. The normalized spacial score (nSPS) is 14.1. The zero-order valence-electron chi connectivity index (χ0n) is 27.3. The highest BCUT2D eigenvalue weighted by atomic mass is 35.5. The van der Waals surface area contributed by atoms with Gasteiger partial charge < -0.3 is 15.0 Å². The minimum Gasteiger partial charge on any atom is -0.497 e. The van der Waals surface area contributed by atoms with Crippen molar-refractivity contribution in [3.8, 4) is 5.75 Å². The summed E-state index contributed by atoms with van der Waals surface area (Å²) >= 11 is 6.19. The van der Waals surface area contributed by atoms with Crippen LogP contribution in [0.25, 0.3) is 0 Å². The summed E-state index contributed by atoms with van der Waals surface area (Å²) in [5, 5.41) is 3.77. The quantitative estimate of drug-likeness (QED) is 0.164. The van der Waals surface area contributed by atoms with Crippen LogP contribution in [0.5, 0.6) is 5.75 Å². The summed E-state index contributed by atoms with van der Waals surface area (Å²) < 4.78 is 34.9. The van der Waals surface area contributed by atoms with Crippen molar-refractivity contribution in [2.24, 2.45) is 0 Å². The van der Waals surface area contributed by atoms with E-state index in [4.69, 9.17) is 16.3 Å².